The Morgan fingerprint density at radius 3 is 2.55 bits per heavy atom. The lowest BCUT2D eigenvalue weighted by Gasteiger charge is -2.18. The molecule has 1 saturated heterocycles. The first-order valence-corrected chi connectivity index (χ1v) is 14.3. The van der Waals surface area contributed by atoms with Gasteiger partial charge in [-0.3, -0.25) is 14.3 Å². The lowest BCUT2D eigenvalue weighted by atomic mass is 10.0. The van der Waals surface area contributed by atoms with E-state index >= 15 is 0 Å². The number of benzene rings is 2. The van der Waals surface area contributed by atoms with Gasteiger partial charge in [0.15, 0.2) is 5.17 Å². The van der Waals surface area contributed by atoms with E-state index in [0.717, 1.165) is 36.9 Å². The number of aliphatic hydroxyl groups excluding tert-OH is 1. The number of likely N-dealkylation sites (tertiary alicyclic amines) is 1. The topological polar surface area (TPSA) is 99.8 Å². The van der Waals surface area contributed by atoms with Crippen LogP contribution in [0.4, 0.5) is 26.3 Å². The maximum atomic E-state index is 13.6. The number of aliphatic hydroxyl groups is 1. The number of amidine groups is 1. The van der Waals surface area contributed by atoms with Crippen LogP contribution in [0.15, 0.2) is 64.5 Å². The molecule has 2 amide bonds. The molecule has 8 nitrogen and oxygen atoms in total. The van der Waals surface area contributed by atoms with E-state index in [-0.39, 0.29) is 29.5 Å². The normalized spacial score (nSPS) is 21.1. The SMILES string of the molecule is O=C1N=C(N2C[C@H](NC(=O)C3CC3)C/C2=C\O)S/C1=C\c1ccc2c(cnn2Cc2ccc(C(F)(F)F)cc2C(F)(F)F)c1. The molecule has 0 unspecified atom stereocenters. The van der Waals surface area contributed by atoms with Crippen LogP contribution in [0.5, 0.6) is 0 Å². The van der Waals surface area contributed by atoms with Gasteiger partial charge in [0, 0.05) is 24.3 Å². The van der Waals surface area contributed by atoms with Crippen molar-refractivity contribution >= 4 is 45.7 Å². The molecule has 1 aliphatic carbocycles. The quantitative estimate of drug-likeness (QED) is 0.200. The van der Waals surface area contributed by atoms with E-state index in [9.17, 15) is 41.0 Å². The molecular formula is C29H23F6N5O3S. The van der Waals surface area contributed by atoms with Crippen LogP contribution in [0.2, 0.25) is 0 Å². The number of carbonyl (C=O) groups is 2. The summed E-state index contributed by atoms with van der Waals surface area (Å²) < 4.78 is 81.3. The summed E-state index contributed by atoms with van der Waals surface area (Å²) in [7, 11) is 0. The van der Waals surface area contributed by atoms with E-state index in [1.807, 2.05) is 0 Å². The van der Waals surface area contributed by atoms with Crippen LogP contribution in [-0.2, 0) is 28.5 Å². The zero-order chi connectivity index (χ0) is 31.4. The smallest absolute Gasteiger partial charge is 0.416 e. The second-order valence-corrected chi connectivity index (χ2v) is 11.7. The van der Waals surface area contributed by atoms with Gasteiger partial charge in [0.2, 0.25) is 5.91 Å². The number of hydrogen-bond acceptors (Lipinski definition) is 6. The fourth-order valence-electron chi connectivity index (χ4n) is 5.15. The first kappa shape index (κ1) is 29.8. The molecule has 6 rings (SSSR count). The zero-order valence-electron chi connectivity index (χ0n) is 22.6. The number of hydrogen-bond donors (Lipinski definition) is 2. The van der Waals surface area contributed by atoms with Crippen LogP contribution in [0, 0.1) is 5.92 Å². The molecule has 0 spiro atoms. The highest BCUT2D eigenvalue weighted by Crippen LogP contribution is 2.39. The fraction of sp³-hybridized carbons (Fsp3) is 0.310. The average Bonchev–Trinajstić information content (AvgIpc) is 3.49. The Morgan fingerprint density at radius 1 is 1.09 bits per heavy atom. The number of nitrogens with zero attached hydrogens (tertiary/aromatic N) is 4. The van der Waals surface area contributed by atoms with Crippen molar-refractivity contribution in [2.24, 2.45) is 10.9 Å². The molecule has 1 atom stereocenters. The van der Waals surface area contributed by atoms with Crippen molar-refractivity contribution in [2.45, 2.75) is 44.2 Å². The number of fused-ring (bicyclic) bond motifs is 1. The number of thioether (sulfide) groups is 1. The van der Waals surface area contributed by atoms with Gasteiger partial charge in [0.25, 0.3) is 5.91 Å². The van der Waals surface area contributed by atoms with E-state index in [2.05, 4.69) is 15.4 Å². The lowest BCUT2D eigenvalue weighted by molar-refractivity contribution is -0.143. The summed E-state index contributed by atoms with van der Waals surface area (Å²) in [5.74, 6) is -0.484. The number of halogens is 6. The second-order valence-electron chi connectivity index (χ2n) is 10.7. The predicted octanol–water partition coefficient (Wildman–Crippen LogP) is 6.09. The van der Waals surface area contributed by atoms with E-state index in [4.69, 9.17) is 0 Å². The number of alkyl halides is 6. The number of carbonyl (C=O) groups excluding carboxylic acids is 2. The number of aliphatic imine (C=N–C) groups is 1. The lowest BCUT2D eigenvalue weighted by Crippen LogP contribution is -2.38. The molecule has 44 heavy (non-hydrogen) atoms. The molecule has 1 aromatic heterocycles. The van der Waals surface area contributed by atoms with E-state index in [1.165, 1.54) is 10.9 Å². The van der Waals surface area contributed by atoms with E-state index in [0.29, 0.717) is 51.3 Å². The molecule has 0 radical (unpaired) electrons. The van der Waals surface area contributed by atoms with Crippen LogP contribution in [0.1, 0.15) is 41.5 Å². The maximum Gasteiger partial charge on any atom is 0.416 e. The molecule has 230 valence electrons. The Labute approximate surface area is 250 Å². The third kappa shape index (κ3) is 6.05. The van der Waals surface area contributed by atoms with Crippen molar-refractivity contribution in [3.63, 3.8) is 0 Å². The molecule has 3 aromatic rings. The number of amides is 2. The van der Waals surface area contributed by atoms with Gasteiger partial charge in [0.1, 0.15) is 0 Å². The van der Waals surface area contributed by atoms with Crippen LogP contribution >= 0.6 is 11.8 Å². The molecule has 3 aliphatic rings. The minimum Gasteiger partial charge on any atom is -0.514 e. The Morgan fingerprint density at radius 2 is 1.86 bits per heavy atom. The first-order chi connectivity index (χ1) is 20.8. The third-order valence-electron chi connectivity index (χ3n) is 7.52. The van der Waals surface area contributed by atoms with Crippen LogP contribution in [-0.4, -0.2) is 49.4 Å². The Balaban J connectivity index is 1.18. The zero-order valence-corrected chi connectivity index (χ0v) is 23.4. The monoisotopic (exact) mass is 635 g/mol. The minimum atomic E-state index is -5.00. The van der Waals surface area contributed by atoms with Crippen molar-refractivity contribution in [1.29, 1.82) is 0 Å². The van der Waals surface area contributed by atoms with Crippen LogP contribution in [0.25, 0.3) is 17.0 Å². The molecule has 2 aliphatic heterocycles. The van der Waals surface area contributed by atoms with Crippen molar-refractivity contribution in [3.8, 4) is 0 Å². The van der Waals surface area contributed by atoms with Crippen molar-refractivity contribution in [3.05, 3.63) is 81.7 Å². The van der Waals surface area contributed by atoms with E-state index < -0.39 is 35.9 Å². The average molecular weight is 636 g/mol. The number of aromatic nitrogens is 2. The summed E-state index contributed by atoms with van der Waals surface area (Å²) in [4.78, 5) is 31.0. The van der Waals surface area contributed by atoms with Crippen molar-refractivity contribution in [2.75, 3.05) is 6.54 Å². The van der Waals surface area contributed by atoms with Gasteiger partial charge >= 0.3 is 12.4 Å². The molecule has 0 bridgehead atoms. The number of nitrogens with one attached hydrogen (secondary N) is 1. The standard InChI is InChI=1S/C29H23F6N5O3S/c30-28(31,32)19-5-4-17(22(9-19)29(33,34)35)12-40-23-6-1-15(7-18(23)11-36-40)8-24-26(43)38-27(44-24)39-13-20(10-21(39)14-41)37-25(42)16-2-3-16/h1,4-9,11,14,16,20,41H,2-3,10,12-13H2,(H,37,42)/b21-14+,24-8-/t20-/m1/s1. The molecule has 15 heteroatoms. The van der Waals surface area contributed by atoms with Crippen molar-refractivity contribution < 1.29 is 41.0 Å². The van der Waals surface area contributed by atoms with Gasteiger partial charge < -0.3 is 15.3 Å². The van der Waals surface area contributed by atoms with Crippen LogP contribution in [0.3, 0.4) is 0 Å². The first-order valence-electron chi connectivity index (χ1n) is 13.5. The largest absolute Gasteiger partial charge is 0.514 e. The van der Waals surface area contributed by atoms with Gasteiger partial charge in [-0.25, -0.2) is 0 Å². The van der Waals surface area contributed by atoms with Crippen molar-refractivity contribution in [1.82, 2.24) is 20.0 Å². The summed E-state index contributed by atoms with van der Waals surface area (Å²) in [5, 5.41) is 17.7. The fourth-order valence-corrected chi connectivity index (χ4v) is 6.11. The summed E-state index contributed by atoms with van der Waals surface area (Å²) in [6.07, 6.45) is -3.86. The Hall–Kier alpha value is -4.27. The molecular weight excluding hydrogens is 612 g/mol. The van der Waals surface area contributed by atoms with Gasteiger partial charge in [-0.1, -0.05) is 12.1 Å². The molecule has 3 heterocycles. The van der Waals surface area contributed by atoms with Gasteiger partial charge in [0.05, 0.1) is 52.3 Å². The highest BCUT2D eigenvalue weighted by atomic mass is 32.2. The Kier molecular flexibility index (Phi) is 7.46. The summed E-state index contributed by atoms with van der Waals surface area (Å²) in [6, 6.07) is 6.18. The molecule has 2 N–H and O–H groups in total. The summed E-state index contributed by atoms with van der Waals surface area (Å²) in [5.41, 5.74) is -1.61. The van der Waals surface area contributed by atoms with E-state index in [1.54, 1.807) is 29.2 Å². The summed E-state index contributed by atoms with van der Waals surface area (Å²) in [6.45, 7) is -0.0710. The molecule has 2 fully saturated rings. The molecule has 2 aromatic carbocycles. The summed E-state index contributed by atoms with van der Waals surface area (Å²) >= 11 is 1.10. The highest BCUT2D eigenvalue weighted by molar-refractivity contribution is 8.18. The Bertz CT molecular complexity index is 1760. The highest BCUT2D eigenvalue weighted by Gasteiger charge is 2.39. The van der Waals surface area contributed by atoms with Gasteiger partial charge in [-0.05, 0) is 66.1 Å². The second kappa shape index (κ2) is 11.0. The number of rotatable bonds is 5. The van der Waals surface area contributed by atoms with Crippen LogP contribution < -0.4 is 5.32 Å². The van der Waals surface area contributed by atoms with Gasteiger partial charge in [-0.2, -0.15) is 36.4 Å². The minimum absolute atomic E-state index is 0.0225. The van der Waals surface area contributed by atoms with Gasteiger partial charge in [-0.15, -0.1) is 0 Å². The molecule has 1 saturated carbocycles. The maximum absolute atomic E-state index is 13.6. The predicted molar refractivity (Wildman–Crippen MR) is 150 cm³/mol. The third-order valence-corrected chi connectivity index (χ3v) is 8.52.